The van der Waals surface area contributed by atoms with Gasteiger partial charge >= 0.3 is 0 Å². The number of benzene rings is 1. The molecule has 0 aliphatic rings. The Balaban J connectivity index is 2.30. The number of hydrogen-bond acceptors (Lipinski definition) is 2. The van der Waals surface area contributed by atoms with Gasteiger partial charge in [0.05, 0.1) is 12.7 Å². The zero-order valence-electron chi connectivity index (χ0n) is 8.12. The Morgan fingerprint density at radius 1 is 1.31 bits per heavy atom. The smallest absolute Gasteiger partial charge is 0.140 e. The van der Waals surface area contributed by atoms with E-state index in [9.17, 15) is 4.39 Å². The van der Waals surface area contributed by atoms with Gasteiger partial charge in [0.2, 0.25) is 0 Å². The lowest BCUT2D eigenvalue weighted by molar-refractivity contribution is 0.625. The molecule has 0 radical (unpaired) electrons. The largest absolute Gasteiger partial charge is 0.383 e. The molecule has 3 nitrogen and oxygen atoms in total. The fraction of sp³-hybridized carbons (Fsp3) is 0.100. The molecule has 6 heteroatoms. The van der Waals surface area contributed by atoms with Gasteiger partial charge in [-0.05, 0) is 17.7 Å². The molecule has 1 aromatic carbocycles. The van der Waals surface area contributed by atoms with Crippen molar-refractivity contribution in [1.82, 2.24) is 9.78 Å². The molecule has 0 atom stereocenters. The second kappa shape index (κ2) is 4.31. The van der Waals surface area contributed by atoms with E-state index in [0.29, 0.717) is 22.4 Å². The lowest BCUT2D eigenvalue weighted by atomic mass is 10.2. The third-order valence-electron chi connectivity index (χ3n) is 2.17. The average molecular weight is 260 g/mol. The highest BCUT2D eigenvalue weighted by Crippen LogP contribution is 2.22. The van der Waals surface area contributed by atoms with Gasteiger partial charge in [-0.3, -0.25) is 0 Å². The monoisotopic (exact) mass is 259 g/mol. The van der Waals surface area contributed by atoms with Crippen LogP contribution in [0.4, 0.5) is 10.2 Å². The Hall–Kier alpha value is -1.26. The molecule has 0 fully saturated rings. The second-order valence-electron chi connectivity index (χ2n) is 3.27. The minimum absolute atomic E-state index is 0.339. The molecule has 1 aromatic heterocycles. The van der Waals surface area contributed by atoms with E-state index in [1.165, 1.54) is 23.0 Å². The van der Waals surface area contributed by atoms with Crippen LogP contribution in [0.15, 0.2) is 24.4 Å². The standard InChI is InChI=1S/C10H8Cl2FN3/c11-8-3-7(13)2-1-6(8)5-16-10(14)9(12)4-15-16/h1-4H,5,14H2. The summed E-state index contributed by atoms with van der Waals surface area (Å²) in [6.07, 6.45) is 1.45. The number of anilines is 1. The quantitative estimate of drug-likeness (QED) is 0.902. The van der Waals surface area contributed by atoms with E-state index in [-0.39, 0.29) is 5.82 Å². The summed E-state index contributed by atoms with van der Waals surface area (Å²) in [4.78, 5) is 0. The highest BCUT2D eigenvalue weighted by Gasteiger charge is 2.08. The van der Waals surface area contributed by atoms with Crippen LogP contribution >= 0.6 is 23.2 Å². The summed E-state index contributed by atoms with van der Waals surface area (Å²) in [5.74, 6) is -0.0118. The molecule has 0 amide bonds. The van der Waals surface area contributed by atoms with Gasteiger partial charge < -0.3 is 5.73 Å². The highest BCUT2D eigenvalue weighted by atomic mass is 35.5. The van der Waals surface area contributed by atoms with Crippen LogP contribution < -0.4 is 5.73 Å². The van der Waals surface area contributed by atoms with Crippen LogP contribution in [-0.2, 0) is 6.54 Å². The van der Waals surface area contributed by atoms with Crippen molar-refractivity contribution < 1.29 is 4.39 Å². The molecule has 0 aliphatic carbocycles. The molecular formula is C10H8Cl2FN3. The van der Waals surface area contributed by atoms with Gasteiger partial charge in [0.15, 0.2) is 0 Å². The van der Waals surface area contributed by atoms with Crippen LogP contribution in [0, 0.1) is 5.82 Å². The van der Waals surface area contributed by atoms with Crippen molar-refractivity contribution in [2.24, 2.45) is 0 Å². The fourth-order valence-electron chi connectivity index (χ4n) is 1.31. The van der Waals surface area contributed by atoms with Gasteiger partial charge in [0, 0.05) is 5.02 Å². The van der Waals surface area contributed by atoms with Crippen LogP contribution in [0.25, 0.3) is 0 Å². The summed E-state index contributed by atoms with van der Waals surface area (Å²) in [6.45, 7) is 0.359. The fourth-order valence-corrected chi connectivity index (χ4v) is 1.68. The maximum atomic E-state index is 12.8. The molecule has 0 spiro atoms. The number of nitrogens with two attached hydrogens (primary N) is 1. The minimum atomic E-state index is -0.375. The Morgan fingerprint density at radius 2 is 2.06 bits per heavy atom. The van der Waals surface area contributed by atoms with Crippen molar-refractivity contribution in [3.8, 4) is 0 Å². The van der Waals surface area contributed by atoms with Crippen molar-refractivity contribution in [2.75, 3.05) is 5.73 Å². The van der Waals surface area contributed by atoms with Gasteiger partial charge in [0.1, 0.15) is 16.7 Å². The van der Waals surface area contributed by atoms with Gasteiger partial charge in [0.25, 0.3) is 0 Å². The molecule has 0 saturated heterocycles. The first-order valence-corrected chi connectivity index (χ1v) is 5.24. The van der Waals surface area contributed by atoms with Gasteiger partial charge in [-0.15, -0.1) is 0 Å². The number of aromatic nitrogens is 2. The normalized spacial score (nSPS) is 10.7. The Labute approximate surface area is 102 Å². The van der Waals surface area contributed by atoms with Crippen LogP contribution in [0.3, 0.4) is 0 Å². The lowest BCUT2D eigenvalue weighted by Gasteiger charge is -2.06. The van der Waals surface area contributed by atoms with Crippen molar-refractivity contribution in [3.63, 3.8) is 0 Å². The summed E-state index contributed by atoms with van der Waals surface area (Å²) < 4.78 is 14.3. The maximum absolute atomic E-state index is 12.8. The van der Waals surface area contributed by atoms with Crippen molar-refractivity contribution >= 4 is 29.0 Å². The highest BCUT2D eigenvalue weighted by molar-refractivity contribution is 6.32. The van der Waals surface area contributed by atoms with Crippen LogP contribution in [0.1, 0.15) is 5.56 Å². The van der Waals surface area contributed by atoms with E-state index in [0.717, 1.165) is 5.56 Å². The maximum Gasteiger partial charge on any atom is 0.140 e. The SMILES string of the molecule is Nc1c(Cl)cnn1Cc1ccc(F)cc1Cl. The molecule has 0 unspecified atom stereocenters. The molecular weight excluding hydrogens is 252 g/mol. The summed E-state index contributed by atoms with van der Waals surface area (Å²) in [6, 6.07) is 4.17. The zero-order valence-corrected chi connectivity index (χ0v) is 9.63. The third-order valence-corrected chi connectivity index (χ3v) is 2.81. The minimum Gasteiger partial charge on any atom is -0.383 e. The zero-order chi connectivity index (χ0) is 11.7. The number of nitrogens with zero attached hydrogens (tertiary/aromatic N) is 2. The predicted molar refractivity (Wildman–Crippen MR) is 62.2 cm³/mol. The van der Waals surface area contributed by atoms with E-state index in [1.807, 2.05) is 0 Å². The summed E-state index contributed by atoms with van der Waals surface area (Å²) in [5.41, 5.74) is 6.41. The summed E-state index contributed by atoms with van der Waals surface area (Å²) in [7, 11) is 0. The van der Waals surface area contributed by atoms with Crippen LogP contribution in [0.5, 0.6) is 0 Å². The van der Waals surface area contributed by atoms with Crippen molar-refractivity contribution in [3.05, 3.63) is 45.8 Å². The van der Waals surface area contributed by atoms with E-state index in [4.69, 9.17) is 28.9 Å². The first-order chi connectivity index (χ1) is 7.58. The summed E-state index contributed by atoms with van der Waals surface area (Å²) in [5, 5.41) is 4.71. The van der Waals surface area contributed by atoms with E-state index in [1.54, 1.807) is 6.07 Å². The molecule has 2 rings (SSSR count). The molecule has 0 saturated carbocycles. The Bertz CT molecular complexity index is 525. The van der Waals surface area contributed by atoms with Gasteiger partial charge in [-0.25, -0.2) is 9.07 Å². The van der Waals surface area contributed by atoms with Crippen molar-refractivity contribution in [1.29, 1.82) is 0 Å². The van der Waals surface area contributed by atoms with Gasteiger partial charge in [-0.1, -0.05) is 29.3 Å². The van der Waals surface area contributed by atoms with E-state index in [2.05, 4.69) is 5.10 Å². The summed E-state index contributed by atoms with van der Waals surface area (Å²) >= 11 is 11.6. The van der Waals surface area contributed by atoms with E-state index < -0.39 is 0 Å². The molecule has 2 N–H and O–H groups in total. The number of halogens is 3. The molecule has 0 aliphatic heterocycles. The van der Waals surface area contributed by atoms with Crippen molar-refractivity contribution in [2.45, 2.75) is 6.54 Å². The number of hydrogen-bond donors (Lipinski definition) is 1. The lowest BCUT2D eigenvalue weighted by Crippen LogP contribution is -2.06. The third kappa shape index (κ3) is 2.13. The molecule has 1 heterocycles. The predicted octanol–water partition coefficient (Wildman–Crippen LogP) is 2.96. The Kier molecular flexibility index (Phi) is 3.03. The Morgan fingerprint density at radius 3 is 2.62 bits per heavy atom. The number of nitrogen functional groups attached to an aromatic ring is 1. The van der Waals surface area contributed by atoms with E-state index >= 15 is 0 Å². The topological polar surface area (TPSA) is 43.8 Å². The molecule has 0 bridgehead atoms. The van der Waals surface area contributed by atoms with Crippen LogP contribution in [-0.4, -0.2) is 9.78 Å². The first kappa shape index (κ1) is 11.2. The first-order valence-electron chi connectivity index (χ1n) is 4.48. The van der Waals surface area contributed by atoms with Crippen LogP contribution in [0.2, 0.25) is 10.0 Å². The number of rotatable bonds is 2. The van der Waals surface area contributed by atoms with Gasteiger partial charge in [-0.2, -0.15) is 5.10 Å². The molecule has 84 valence electrons. The molecule has 2 aromatic rings. The average Bonchev–Trinajstić information content (AvgIpc) is 2.54. The molecule has 16 heavy (non-hydrogen) atoms. The second-order valence-corrected chi connectivity index (χ2v) is 4.09.